The maximum absolute atomic E-state index is 5.24. The van der Waals surface area contributed by atoms with Crippen molar-refractivity contribution in [1.82, 2.24) is 0 Å². The molecule has 0 rings (SSSR count). The summed E-state index contributed by atoms with van der Waals surface area (Å²) in [5.74, 6) is 0. The van der Waals surface area contributed by atoms with Crippen molar-refractivity contribution in [3.8, 4) is 0 Å². The molecule has 6 heavy (non-hydrogen) atoms. The molecule has 39 valence electrons. The zero-order chi connectivity index (χ0) is 5.58. The Morgan fingerprint density at radius 1 is 1.17 bits per heavy atom. The SMILES string of the molecule is CC.[CH3][Sn]([Cl])[Cl]. The minimum absolute atomic E-state index is 1.60. The summed E-state index contributed by atoms with van der Waals surface area (Å²) in [4.78, 5) is 1.89. The van der Waals surface area contributed by atoms with Crippen molar-refractivity contribution in [3.63, 3.8) is 0 Å². The van der Waals surface area contributed by atoms with Crippen LogP contribution < -0.4 is 0 Å². The van der Waals surface area contributed by atoms with E-state index in [-0.39, 0.29) is 0 Å². The van der Waals surface area contributed by atoms with E-state index in [0.717, 1.165) is 0 Å². The third kappa shape index (κ3) is 54.3. The average Bonchev–Trinajstić information content (AvgIpc) is 1.41. The molecule has 0 N–H and O–H groups in total. The monoisotopic (exact) mass is 235 g/mol. The second-order valence-electron chi connectivity index (χ2n) is 0.449. The third-order valence-electron chi connectivity index (χ3n) is 0. The van der Waals surface area contributed by atoms with Crippen LogP contribution in [0, 0.1) is 0 Å². The van der Waals surface area contributed by atoms with E-state index >= 15 is 0 Å². The van der Waals surface area contributed by atoms with Crippen LogP contribution in [0.4, 0.5) is 0 Å². The van der Waals surface area contributed by atoms with Crippen molar-refractivity contribution in [1.29, 1.82) is 0 Å². The van der Waals surface area contributed by atoms with Gasteiger partial charge >= 0.3 is 40.3 Å². The second kappa shape index (κ2) is 9.62. The van der Waals surface area contributed by atoms with Gasteiger partial charge in [0, 0.05) is 0 Å². The molecule has 0 aromatic carbocycles. The molecule has 0 aromatic heterocycles. The van der Waals surface area contributed by atoms with Crippen LogP contribution >= 0.6 is 17.8 Å². The summed E-state index contributed by atoms with van der Waals surface area (Å²) in [5, 5.41) is 0. The first-order valence-electron chi connectivity index (χ1n) is 1.88. The van der Waals surface area contributed by atoms with E-state index in [1.54, 1.807) is 0 Å². The number of hydrogen-bond acceptors (Lipinski definition) is 0. The van der Waals surface area contributed by atoms with Crippen molar-refractivity contribution in [2.24, 2.45) is 0 Å². The molecule has 0 spiro atoms. The fraction of sp³-hybridized carbons (Fsp3) is 1.00. The van der Waals surface area contributed by atoms with E-state index in [2.05, 4.69) is 0 Å². The molecule has 0 atom stereocenters. The van der Waals surface area contributed by atoms with E-state index in [9.17, 15) is 0 Å². The van der Waals surface area contributed by atoms with Gasteiger partial charge in [0.05, 0.1) is 0 Å². The van der Waals surface area contributed by atoms with Crippen LogP contribution in [-0.4, -0.2) is 17.5 Å². The van der Waals surface area contributed by atoms with Gasteiger partial charge in [-0.05, 0) is 0 Å². The van der Waals surface area contributed by atoms with Crippen LogP contribution in [0.25, 0.3) is 0 Å². The number of hydrogen-bond donors (Lipinski definition) is 0. The van der Waals surface area contributed by atoms with E-state index in [1.165, 1.54) is 0 Å². The Morgan fingerprint density at radius 2 is 1.17 bits per heavy atom. The normalized spacial score (nSPS) is 7.00. The first-order chi connectivity index (χ1) is 2.73. The van der Waals surface area contributed by atoms with E-state index < -0.39 is 17.5 Å². The summed E-state index contributed by atoms with van der Waals surface area (Å²) in [6.45, 7) is 4.00. The van der Waals surface area contributed by atoms with Gasteiger partial charge in [-0.25, -0.2) is 0 Å². The van der Waals surface area contributed by atoms with Crippen LogP contribution in [0.2, 0.25) is 4.94 Å². The van der Waals surface area contributed by atoms with Crippen molar-refractivity contribution in [2.45, 2.75) is 18.8 Å². The zero-order valence-corrected chi connectivity index (χ0v) is 8.62. The number of halogens is 2. The Balaban J connectivity index is 0. The molecule has 1 radical (unpaired) electrons. The molecule has 0 heterocycles. The van der Waals surface area contributed by atoms with Crippen molar-refractivity contribution in [2.75, 3.05) is 0 Å². The molecule has 0 bridgehead atoms. The summed E-state index contributed by atoms with van der Waals surface area (Å²) >= 11 is -1.60. The van der Waals surface area contributed by atoms with Gasteiger partial charge in [-0.2, -0.15) is 0 Å². The van der Waals surface area contributed by atoms with Crippen LogP contribution in [0.3, 0.4) is 0 Å². The molecule has 0 aromatic rings. The second-order valence-corrected chi connectivity index (χ2v) is 11.9. The average molecular weight is 235 g/mol. The molecule has 0 saturated heterocycles. The standard InChI is InChI=1S/C2H6.CH3.2ClH.Sn/c1-2;;;;/h1-2H3;1H3;2*1H;/q;;;;+2/p-2. The molecular formula is C3H9Cl2Sn. The van der Waals surface area contributed by atoms with Crippen LogP contribution in [0.15, 0.2) is 0 Å². The molecule has 0 saturated carbocycles. The molecule has 0 unspecified atom stereocenters. The Labute approximate surface area is 54.0 Å². The van der Waals surface area contributed by atoms with Gasteiger partial charge in [0.15, 0.2) is 0 Å². The minimum atomic E-state index is -1.60. The van der Waals surface area contributed by atoms with Gasteiger partial charge in [0.1, 0.15) is 0 Å². The first-order valence-corrected chi connectivity index (χ1v) is 12.0. The molecule has 0 aliphatic carbocycles. The van der Waals surface area contributed by atoms with Gasteiger partial charge in [0.25, 0.3) is 0 Å². The summed E-state index contributed by atoms with van der Waals surface area (Å²) in [7, 11) is 10.5. The van der Waals surface area contributed by atoms with E-state index in [4.69, 9.17) is 17.8 Å². The summed E-state index contributed by atoms with van der Waals surface area (Å²) in [5.41, 5.74) is 0. The zero-order valence-electron chi connectivity index (χ0n) is 4.26. The maximum atomic E-state index is 5.24. The molecule has 3 heteroatoms. The van der Waals surface area contributed by atoms with Gasteiger partial charge < -0.3 is 0 Å². The topological polar surface area (TPSA) is 0 Å². The Morgan fingerprint density at radius 3 is 1.17 bits per heavy atom. The Hall–Kier alpha value is 1.38. The predicted octanol–water partition coefficient (Wildman–Crippen LogP) is 2.61. The Bertz CT molecular complexity index is 13.5. The van der Waals surface area contributed by atoms with E-state index in [1.807, 2.05) is 18.8 Å². The van der Waals surface area contributed by atoms with Crippen molar-refractivity contribution >= 4 is 35.3 Å². The molecule has 0 amide bonds. The molecule has 0 fully saturated rings. The van der Waals surface area contributed by atoms with E-state index in [0.29, 0.717) is 0 Å². The summed E-state index contributed by atoms with van der Waals surface area (Å²) in [6, 6.07) is 0. The fourth-order valence-corrected chi connectivity index (χ4v) is 0. The third-order valence-corrected chi connectivity index (χ3v) is 0. The fourth-order valence-electron chi connectivity index (χ4n) is 0. The van der Waals surface area contributed by atoms with Crippen molar-refractivity contribution in [3.05, 3.63) is 0 Å². The van der Waals surface area contributed by atoms with Gasteiger partial charge in [-0.3, -0.25) is 0 Å². The predicted molar refractivity (Wildman–Crippen MR) is 34.7 cm³/mol. The molecule has 0 aliphatic rings. The van der Waals surface area contributed by atoms with Gasteiger partial charge in [0.2, 0.25) is 0 Å². The first kappa shape index (κ1) is 10.4. The summed E-state index contributed by atoms with van der Waals surface area (Å²) < 4.78 is 0. The van der Waals surface area contributed by atoms with Crippen LogP contribution in [-0.2, 0) is 0 Å². The van der Waals surface area contributed by atoms with Crippen LogP contribution in [0.5, 0.6) is 0 Å². The number of rotatable bonds is 0. The Kier molecular flexibility index (Phi) is 16.6. The molecule has 0 nitrogen and oxygen atoms in total. The summed E-state index contributed by atoms with van der Waals surface area (Å²) in [6.07, 6.45) is 0. The van der Waals surface area contributed by atoms with Crippen LogP contribution in [0.1, 0.15) is 13.8 Å². The van der Waals surface area contributed by atoms with Gasteiger partial charge in [-0.15, -0.1) is 0 Å². The molecular weight excluding hydrogens is 226 g/mol. The molecule has 0 aliphatic heterocycles. The quantitative estimate of drug-likeness (QED) is 0.566. The van der Waals surface area contributed by atoms with Gasteiger partial charge in [-0.1, -0.05) is 13.8 Å². The van der Waals surface area contributed by atoms with Crippen molar-refractivity contribution < 1.29 is 0 Å².